The molecule has 0 bridgehead atoms. The summed E-state index contributed by atoms with van der Waals surface area (Å²) in [6.07, 6.45) is 23.5. The van der Waals surface area contributed by atoms with Crippen LogP contribution in [0.15, 0.2) is 11.6 Å². The molecule has 0 saturated heterocycles. The summed E-state index contributed by atoms with van der Waals surface area (Å²) in [5, 5.41) is 0.318. The van der Waals surface area contributed by atoms with Gasteiger partial charge in [-0.05, 0) is 63.6 Å². The minimum atomic E-state index is -1.65. The molecule has 0 fully saturated rings. The molecule has 1 aliphatic carbocycles. The molecule has 2 heteroatoms. The van der Waals surface area contributed by atoms with Crippen molar-refractivity contribution in [2.45, 2.75) is 148 Å². The third-order valence-electron chi connectivity index (χ3n) is 6.84. The molecular weight excluding hydrogens is 344 g/mol. The Balaban J connectivity index is 2.57. The second-order valence-electron chi connectivity index (χ2n) is 10.6. The molecule has 0 amide bonds. The predicted molar refractivity (Wildman–Crippen MR) is 125 cm³/mol. The van der Waals surface area contributed by atoms with Crippen LogP contribution in [0.25, 0.3) is 0 Å². The molecule has 1 aliphatic rings. The van der Waals surface area contributed by atoms with Crippen LogP contribution in [0.3, 0.4) is 0 Å². The van der Waals surface area contributed by atoms with Crippen LogP contribution in [-0.2, 0) is 4.43 Å². The molecule has 0 saturated carbocycles. The topological polar surface area (TPSA) is 9.23 Å². The number of hydrogen-bond donors (Lipinski definition) is 0. The summed E-state index contributed by atoms with van der Waals surface area (Å²) in [5.41, 5.74) is 1.62. The van der Waals surface area contributed by atoms with E-state index in [1.807, 2.05) is 0 Å². The average Bonchev–Trinajstić information content (AvgIpc) is 2.57. The summed E-state index contributed by atoms with van der Waals surface area (Å²) in [7, 11) is -1.65. The summed E-state index contributed by atoms with van der Waals surface area (Å²) in [6.45, 7) is 14.3. The van der Waals surface area contributed by atoms with E-state index in [1.54, 1.807) is 5.57 Å². The van der Waals surface area contributed by atoms with Crippen molar-refractivity contribution in [3.63, 3.8) is 0 Å². The van der Waals surface area contributed by atoms with E-state index in [-0.39, 0.29) is 0 Å². The molecule has 0 spiro atoms. The van der Waals surface area contributed by atoms with Crippen molar-refractivity contribution in [2.24, 2.45) is 0 Å². The molecule has 27 heavy (non-hydrogen) atoms. The van der Waals surface area contributed by atoms with Crippen molar-refractivity contribution < 1.29 is 4.43 Å². The largest absolute Gasteiger partial charge is 0.414 e. The van der Waals surface area contributed by atoms with E-state index in [2.05, 4.69) is 46.9 Å². The molecule has 0 radical (unpaired) electrons. The van der Waals surface area contributed by atoms with Crippen LogP contribution in [0.1, 0.15) is 124 Å². The predicted octanol–water partition coefficient (Wildman–Crippen LogP) is 9.19. The quantitative estimate of drug-likeness (QED) is 0.335. The molecule has 1 atom stereocenters. The smallest absolute Gasteiger partial charge is 0.192 e. The fourth-order valence-electron chi connectivity index (χ4n) is 3.84. The summed E-state index contributed by atoms with van der Waals surface area (Å²) in [6, 6.07) is 0. The lowest BCUT2D eigenvalue weighted by Gasteiger charge is -2.39. The van der Waals surface area contributed by atoms with Gasteiger partial charge in [0.25, 0.3) is 0 Å². The second-order valence-corrected chi connectivity index (χ2v) is 15.3. The van der Waals surface area contributed by atoms with Crippen LogP contribution >= 0.6 is 0 Å². The Hall–Kier alpha value is -0.0831. The Bertz CT molecular complexity index is 405. The first-order valence-corrected chi connectivity index (χ1v) is 15.0. The highest BCUT2D eigenvalue weighted by Gasteiger charge is 2.38. The molecule has 0 aromatic carbocycles. The van der Waals surface area contributed by atoms with Crippen LogP contribution in [-0.4, -0.2) is 14.4 Å². The van der Waals surface area contributed by atoms with Gasteiger partial charge < -0.3 is 4.43 Å². The summed E-state index contributed by atoms with van der Waals surface area (Å²) in [5.74, 6) is 0. The first kappa shape index (κ1) is 25.0. The van der Waals surface area contributed by atoms with E-state index in [0.29, 0.717) is 11.1 Å². The van der Waals surface area contributed by atoms with Crippen LogP contribution < -0.4 is 0 Å². The van der Waals surface area contributed by atoms with Gasteiger partial charge in [-0.25, -0.2) is 0 Å². The van der Waals surface area contributed by atoms with Gasteiger partial charge in [0.15, 0.2) is 8.32 Å². The van der Waals surface area contributed by atoms with Crippen molar-refractivity contribution in [2.75, 3.05) is 0 Å². The fourth-order valence-corrected chi connectivity index (χ4v) is 5.26. The van der Waals surface area contributed by atoms with E-state index >= 15 is 0 Å². The first-order valence-electron chi connectivity index (χ1n) is 12.1. The van der Waals surface area contributed by atoms with Crippen LogP contribution in [0.5, 0.6) is 0 Å². The molecule has 0 aromatic heterocycles. The van der Waals surface area contributed by atoms with E-state index in [9.17, 15) is 0 Å². The summed E-state index contributed by atoms with van der Waals surface area (Å²) < 4.78 is 6.83. The van der Waals surface area contributed by atoms with E-state index in [1.165, 1.54) is 96.3 Å². The number of hydrogen-bond acceptors (Lipinski definition) is 1. The highest BCUT2D eigenvalue weighted by molar-refractivity contribution is 6.74. The monoisotopic (exact) mass is 394 g/mol. The van der Waals surface area contributed by atoms with Gasteiger partial charge in [0.05, 0.1) is 0 Å². The molecule has 0 heterocycles. The van der Waals surface area contributed by atoms with Gasteiger partial charge in [-0.15, -0.1) is 0 Å². The first-order chi connectivity index (χ1) is 12.7. The summed E-state index contributed by atoms with van der Waals surface area (Å²) >= 11 is 0. The Kier molecular flexibility index (Phi) is 12.2. The van der Waals surface area contributed by atoms with Gasteiger partial charge in [0.2, 0.25) is 0 Å². The van der Waals surface area contributed by atoms with Gasteiger partial charge in [-0.3, -0.25) is 0 Å². The van der Waals surface area contributed by atoms with Gasteiger partial charge in [0, 0.05) is 6.10 Å². The average molecular weight is 395 g/mol. The van der Waals surface area contributed by atoms with Gasteiger partial charge in [-0.1, -0.05) is 90.2 Å². The molecule has 160 valence electrons. The number of rotatable bonds is 2. The lowest BCUT2D eigenvalue weighted by atomic mass is 10.0. The Morgan fingerprint density at radius 3 is 1.81 bits per heavy atom. The van der Waals surface area contributed by atoms with Crippen molar-refractivity contribution in [1.29, 1.82) is 0 Å². The van der Waals surface area contributed by atoms with Crippen molar-refractivity contribution >= 4 is 8.32 Å². The van der Waals surface area contributed by atoms with Crippen LogP contribution in [0.4, 0.5) is 0 Å². The maximum atomic E-state index is 6.83. The van der Waals surface area contributed by atoms with Gasteiger partial charge in [-0.2, -0.15) is 0 Å². The fraction of sp³-hybridized carbons (Fsp3) is 0.920. The molecule has 1 nitrogen and oxygen atoms in total. The van der Waals surface area contributed by atoms with Crippen LogP contribution in [0, 0.1) is 0 Å². The SMILES string of the molecule is C/C1=C\CCCCC(O[Si](C)(C)C(C)(C)C)CCCCCCCCCCC1. The highest BCUT2D eigenvalue weighted by Crippen LogP contribution is 2.38. The molecular formula is C25H50OSi. The Morgan fingerprint density at radius 1 is 0.778 bits per heavy atom. The normalized spacial score (nSPS) is 25.9. The maximum Gasteiger partial charge on any atom is 0.192 e. The zero-order chi connectivity index (χ0) is 20.2. The Morgan fingerprint density at radius 2 is 1.26 bits per heavy atom. The third kappa shape index (κ3) is 11.5. The zero-order valence-electron chi connectivity index (χ0n) is 19.7. The summed E-state index contributed by atoms with van der Waals surface area (Å²) in [4.78, 5) is 0. The molecule has 0 aliphatic heterocycles. The lowest BCUT2D eigenvalue weighted by Crippen LogP contribution is -2.44. The van der Waals surface area contributed by atoms with Crippen molar-refractivity contribution in [1.82, 2.24) is 0 Å². The number of allylic oxidation sites excluding steroid dienone is 2. The van der Waals surface area contributed by atoms with Crippen LogP contribution in [0.2, 0.25) is 18.1 Å². The zero-order valence-corrected chi connectivity index (χ0v) is 20.7. The second kappa shape index (κ2) is 13.2. The molecule has 1 rings (SSSR count). The maximum absolute atomic E-state index is 6.83. The van der Waals surface area contributed by atoms with E-state index in [0.717, 1.165) is 0 Å². The highest BCUT2D eigenvalue weighted by atomic mass is 28.4. The van der Waals surface area contributed by atoms with Crippen molar-refractivity contribution in [3.8, 4) is 0 Å². The van der Waals surface area contributed by atoms with Gasteiger partial charge in [0.1, 0.15) is 0 Å². The molecule has 1 unspecified atom stereocenters. The molecule has 0 N–H and O–H groups in total. The van der Waals surface area contributed by atoms with E-state index < -0.39 is 8.32 Å². The van der Waals surface area contributed by atoms with Crippen molar-refractivity contribution in [3.05, 3.63) is 11.6 Å². The standard InChI is InChI=1S/C25H50OSi/c1-23-19-15-12-10-8-7-9-11-13-17-21-24(22-18-14-16-20-23)26-27(5,6)25(2,3)4/h20,24H,7-19,21-22H2,1-6H3/b23-20+. The van der Waals surface area contributed by atoms with Gasteiger partial charge >= 0.3 is 0 Å². The minimum absolute atomic E-state index is 0.318. The minimum Gasteiger partial charge on any atom is -0.414 e. The molecule has 0 aromatic rings. The third-order valence-corrected chi connectivity index (χ3v) is 11.4. The Labute approximate surface area is 172 Å². The lowest BCUT2D eigenvalue weighted by molar-refractivity contribution is 0.154. The van der Waals surface area contributed by atoms with E-state index in [4.69, 9.17) is 4.43 Å².